The van der Waals surface area contributed by atoms with E-state index in [4.69, 9.17) is 9.47 Å². The van der Waals surface area contributed by atoms with Gasteiger partial charge < -0.3 is 19.7 Å². The zero-order chi connectivity index (χ0) is 20.7. The summed E-state index contributed by atoms with van der Waals surface area (Å²) in [5, 5.41) is 2.74. The van der Waals surface area contributed by atoms with E-state index in [1.807, 2.05) is 19.1 Å². The summed E-state index contributed by atoms with van der Waals surface area (Å²) in [6.45, 7) is 3.05. The molecule has 0 aliphatic heterocycles. The number of carbonyl (C=O) groups is 3. The molecule has 0 aliphatic carbocycles. The predicted octanol–water partition coefficient (Wildman–Crippen LogP) is 2.68. The maximum atomic E-state index is 12.2. The molecule has 0 atom stereocenters. The van der Waals surface area contributed by atoms with Gasteiger partial charge in [0.15, 0.2) is 23.9 Å². The van der Waals surface area contributed by atoms with E-state index in [9.17, 15) is 14.4 Å². The summed E-state index contributed by atoms with van der Waals surface area (Å²) in [5.74, 6) is -0.0567. The number of carbonyl (C=O) groups excluding carboxylic acids is 3. The van der Waals surface area contributed by atoms with Crippen molar-refractivity contribution in [1.29, 1.82) is 0 Å². The molecule has 28 heavy (non-hydrogen) atoms. The summed E-state index contributed by atoms with van der Waals surface area (Å²) in [6.07, 6.45) is 0. The predicted molar refractivity (Wildman–Crippen MR) is 106 cm³/mol. The van der Waals surface area contributed by atoms with Crippen molar-refractivity contribution in [1.82, 2.24) is 4.90 Å². The quantitative estimate of drug-likeness (QED) is 0.708. The van der Waals surface area contributed by atoms with E-state index >= 15 is 0 Å². The largest absolute Gasteiger partial charge is 0.493 e. The number of hydrogen-bond acceptors (Lipinski definition) is 5. The Hall–Kier alpha value is -3.35. The van der Waals surface area contributed by atoms with Crippen molar-refractivity contribution >= 4 is 23.3 Å². The zero-order valence-electron chi connectivity index (χ0n) is 16.4. The average Bonchev–Trinajstić information content (AvgIpc) is 2.67. The molecule has 0 aromatic heterocycles. The third-order valence-corrected chi connectivity index (χ3v) is 4.06. The monoisotopic (exact) mass is 384 g/mol. The number of aryl methyl sites for hydroxylation is 1. The number of likely N-dealkylation sites (N-methyl/N-ethyl adjacent to an activating group) is 1. The van der Waals surface area contributed by atoms with Crippen LogP contribution in [0.25, 0.3) is 0 Å². The molecule has 7 heteroatoms. The van der Waals surface area contributed by atoms with Crippen LogP contribution in [-0.2, 0) is 9.59 Å². The van der Waals surface area contributed by atoms with E-state index in [-0.39, 0.29) is 30.7 Å². The molecule has 0 radical (unpaired) electrons. The first-order valence-corrected chi connectivity index (χ1v) is 8.72. The topological polar surface area (TPSA) is 84.9 Å². The molecule has 1 N–H and O–H groups in total. The summed E-state index contributed by atoms with van der Waals surface area (Å²) in [5.41, 5.74) is 2.25. The van der Waals surface area contributed by atoms with Crippen LogP contribution >= 0.6 is 0 Å². The van der Waals surface area contributed by atoms with Gasteiger partial charge in [0, 0.05) is 18.3 Å². The lowest BCUT2D eigenvalue weighted by molar-refractivity contribution is -0.135. The van der Waals surface area contributed by atoms with Crippen LogP contribution in [0.1, 0.15) is 22.8 Å². The van der Waals surface area contributed by atoms with E-state index in [1.54, 1.807) is 30.3 Å². The number of rotatable bonds is 8. The number of amides is 2. The molecular formula is C21H24N2O5. The van der Waals surface area contributed by atoms with Gasteiger partial charge in [0.1, 0.15) is 0 Å². The average molecular weight is 384 g/mol. The van der Waals surface area contributed by atoms with Crippen LogP contribution in [0.3, 0.4) is 0 Å². The molecule has 2 rings (SSSR count). The van der Waals surface area contributed by atoms with Crippen LogP contribution in [0.5, 0.6) is 11.5 Å². The number of ether oxygens (including phenoxy) is 2. The highest BCUT2D eigenvalue weighted by Gasteiger charge is 2.15. The molecule has 2 amide bonds. The Bertz CT molecular complexity index is 862. The standard InChI is InChI=1S/C21H24N2O5/c1-14-5-8-17(9-6-14)22-20(25)12-23(3)21(26)13-28-18-10-7-16(15(2)24)11-19(18)27-4/h5-11H,12-13H2,1-4H3,(H,22,25). The lowest BCUT2D eigenvalue weighted by Gasteiger charge is -2.18. The first-order valence-electron chi connectivity index (χ1n) is 8.72. The Kier molecular flexibility index (Phi) is 7.14. The van der Waals surface area contributed by atoms with Gasteiger partial charge in [-0.2, -0.15) is 0 Å². The highest BCUT2D eigenvalue weighted by molar-refractivity contribution is 5.95. The molecular weight excluding hydrogens is 360 g/mol. The second kappa shape index (κ2) is 9.55. The molecule has 0 saturated heterocycles. The van der Waals surface area contributed by atoms with Crippen molar-refractivity contribution in [2.24, 2.45) is 0 Å². The number of anilines is 1. The van der Waals surface area contributed by atoms with Gasteiger partial charge in [-0.25, -0.2) is 0 Å². The van der Waals surface area contributed by atoms with Crippen LogP contribution in [0.4, 0.5) is 5.69 Å². The van der Waals surface area contributed by atoms with Crippen LogP contribution < -0.4 is 14.8 Å². The van der Waals surface area contributed by atoms with Crippen molar-refractivity contribution in [2.75, 3.05) is 32.6 Å². The fraction of sp³-hybridized carbons (Fsp3) is 0.286. The van der Waals surface area contributed by atoms with Crippen LogP contribution in [-0.4, -0.2) is 49.8 Å². The molecule has 0 aliphatic rings. The van der Waals surface area contributed by atoms with E-state index < -0.39 is 0 Å². The smallest absolute Gasteiger partial charge is 0.260 e. The molecule has 148 valence electrons. The van der Waals surface area contributed by atoms with Crippen molar-refractivity contribution < 1.29 is 23.9 Å². The van der Waals surface area contributed by atoms with Crippen LogP contribution in [0.15, 0.2) is 42.5 Å². The first kappa shape index (κ1) is 21.0. The Balaban J connectivity index is 1.89. The van der Waals surface area contributed by atoms with Gasteiger partial charge in [-0.15, -0.1) is 0 Å². The number of benzene rings is 2. The first-order chi connectivity index (χ1) is 13.3. The molecule has 0 saturated carbocycles. The molecule has 0 spiro atoms. The molecule has 2 aromatic carbocycles. The molecule has 0 bridgehead atoms. The highest BCUT2D eigenvalue weighted by Crippen LogP contribution is 2.28. The van der Waals surface area contributed by atoms with Crippen molar-refractivity contribution in [2.45, 2.75) is 13.8 Å². The SMILES string of the molecule is COc1cc(C(C)=O)ccc1OCC(=O)N(C)CC(=O)Nc1ccc(C)cc1. The lowest BCUT2D eigenvalue weighted by atomic mass is 10.1. The van der Waals surface area contributed by atoms with Gasteiger partial charge >= 0.3 is 0 Å². The van der Waals surface area contributed by atoms with Crippen molar-refractivity contribution in [3.63, 3.8) is 0 Å². The second-order valence-electron chi connectivity index (χ2n) is 6.37. The molecule has 0 heterocycles. The minimum atomic E-state index is -0.364. The number of nitrogens with zero attached hydrogens (tertiary/aromatic N) is 1. The maximum absolute atomic E-state index is 12.2. The van der Waals surface area contributed by atoms with Gasteiger partial charge in [-0.3, -0.25) is 14.4 Å². The highest BCUT2D eigenvalue weighted by atomic mass is 16.5. The van der Waals surface area contributed by atoms with Crippen LogP contribution in [0, 0.1) is 6.92 Å². The summed E-state index contributed by atoms with van der Waals surface area (Å²) >= 11 is 0. The van der Waals surface area contributed by atoms with Gasteiger partial charge in [0.2, 0.25) is 5.91 Å². The van der Waals surface area contributed by atoms with E-state index in [0.29, 0.717) is 22.7 Å². The van der Waals surface area contributed by atoms with E-state index in [1.165, 1.54) is 26.0 Å². The Labute approximate surface area is 164 Å². The lowest BCUT2D eigenvalue weighted by Crippen LogP contribution is -2.37. The third kappa shape index (κ3) is 5.84. The van der Waals surface area contributed by atoms with Crippen molar-refractivity contribution in [3.8, 4) is 11.5 Å². The minimum Gasteiger partial charge on any atom is -0.493 e. The summed E-state index contributed by atoms with van der Waals surface area (Å²) in [4.78, 5) is 37.1. The van der Waals surface area contributed by atoms with Crippen LogP contribution in [0.2, 0.25) is 0 Å². The Morgan fingerprint density at radius 3 is 2.32 bits per heavy atom. The third-order valence-electron chi connectivity index (χ3n) is 4.06. The number of hydrogen-bond donors (Lipinski definition) is 1. The number of nitrogens with one attached hydrogen (secondary N) is 1. The van der Waals surface area contributed by atoms with E-state index in [2.05, 4.69) is 5.32 Å². The Morgan fingerprint density at radius 1 is 1.04 bits per heavy atom. The van der Waals surface area contributed by atoms with E-state index in [0.717, 1.165) is 5.56 Å². The normalized spacial score (nSPS) is 10.1. The van der Waals surface area contributed by atoms with Gasteiger partial charge in [0.25, 0.3) is 5.91 Å². The zero-order valence-corrected chi connectivity index (χ0v) is 16.4. The molecule has 0 unspecified atom stereocenters. The van der Waals surface area contributed by atoms with Crippen molar-refractivity contribution in [3.05, 3.63) is 53.6 Å². The molecule has 2 aromatic rings. The van der Waals surface area contributed by atoms with Gasteiger partial charge in [-0.05, 0) is 44.2 Å². The van der Waals surface area contributed by atoms with Gasteiger partial charge in [-0.1, -0.05) is 17.7 Å². The number of methoxy groups -OCH3 is 1. The molecule has 0 fully saturated rings. The summed E-state index contributed by atoms with van der Waals surface area (Å²) < 4.78 is 10.7. The Morgan fingerprint density at radius 2 is 1.71 bits per heavy atom. The fourth-order valence-electron chi connectivity index (χ4n) is 2.40. The van der Waals surface area contributed by atoms with Gasteiger partial charge in [0.05, 0.1) is 13.7 Å². The second-order valence-corrected chi connectivity index (χ2v) is 6.37. The number of Topliss-reactive ketones (excluding diaryl/α,β-unsaturated/α-hetero) is 1. The number of ketones is 1. The summed E-state index contributed by atoms with van der Waals surface area (Å²) in [6, 6.07) is 12.1. The fourth-order valence-corrected chi connectivity index (χ4v) is 2.40. The molecule has 7 nitrogen and oxygen atoms in total. The minimum absolute atomic E-state index is 0.0970. The summed E-state index contributed by atoms with van der Waals surface area (Å²) in [7, 11) is 2.98. The maximum Gasteiger partial charge on any atom is 0.260 e.